The van der Waals surface area contributed by atoms with E-state index in [9.17, 15) is 5.11 Å². The summed E-state index contributed by atoms with van der Waals surface area (Å²) < 4.78 is 0. The van der Waals surface area contributed by atoms with Crippen molar-refractivity contribution in [2.75, 3.05) is 0 Å². The summed E-state index contributed by atoms with van der Waals surface area (Å²) in [6.45, 7) is 0. The van der Waals surface area contributed by atoms with Crippen molar-refractivity contribution >= 4 is 22.9 Å². The lowest BCUT2D eigenvalue weighted by Crippen LogP contribution is -1.82. The predicted octanol–water partition coefficient (Wildman–Crippen LogP) is 3.56. The Kier molecular flexibility index (Phi) is 2.77. The van der Waals surface area contributed by atoms with Crippen molar-refractivity contribution in [1.82, 2.24) is 15.2 Å². The first-order chi connectivity index (χ1) is 8.74. The minimum Gasteiger partial charge on any atom is -0.507 e. The van der Waals surface area contributed by atoms with Gasteiger partial charge in [-0.1, -0.05) is 11.6 Å². The highest BCUT2D eigenvalue weighted by molar-refractivity contribution is 7.08. The van der Waals surface area contributed by atoms with Gasteiger partial charge in [0.25, 0.3) is 0 Å². The molecule has 0 unspecified atom stereocenters. The number of aromatic nitrogens is 3. The zero-order valence-corrected chi connectivity index (χ0v) is 10.7. The second-order valence-electron chi connectivity index (χ2n) is 3.68. The quantitative estimate of drug-likeness (QED) is 0.753. The molecule has 0 atom stereocenters. The minimum absolute atomic E-state index is 0.118. The van der Waals surface area contributed by atoms with E-state index in [1.165, 1.54) is 6.07 Å². The molecule has 90 valence electrons. The largest absolute Gasteiger partial charge is 0.507 e. The van der Waals surface area contributed by atoms with Gasteiger partial charge in [0.2, 0.25) is 0 Å². The summed E-state index contributed by atoms with van der Waals surface area (Å²) in [5.74, 6) is 1.22. The Balaban J connectivity index is 2.05. The van der Waals surface area contributed by atoms with Gasteiger partial charge in [-0.2, -0.15) is 16.4 Å². The van der Waals surface area contributed by atoms with Crippen molar-refractivity contribution in [3.8, 4) is 28.5 Å². The number of halogens is 1. The summed E-state index contributed by atoms with van der Waals surface area (Å²) >= 11 is 7.48. The number of rotatable bonds is 2. The van der Waals surface area contributed by atoms with E-state index in [4.69, 9.17) is 11.6 Å². The van der Waals surface area contributed by atoms with Gasteiger partial charge in [0.15, 0.2) is 11.6 Å². The number of aromatic amines is 1. The van der Waals surface area contributed by atoms with E-state index in [0.717, 1.165) is 5.56 Å². The fraction of sp³-hybridized carbons (Fsp3) is 0. The first-order valence-electron chi connectivity index (χ1n) is 5.18. The summed E-state index contributed by atoms with van der Waals surface area (Å²) in [6, 6.07) is 6.74. The summed E-state index contributed by atoms with van der Waals surface area (Å²) in [6.07, 6.45) is 0. The third-order valence-electron chi connectivity index (χ3n) is 2.48. The fourth-order valence-electron chi connectivity index (χ4n) is 1.60. The van der Waals surface area contributed by atoms with Crippen LogP contribution in [-0.4, -0.2) is 20.3 Å². The van der Waals surface area contributed by atoms with E-state index in [1.54, 1.807) is 23.5 Å². The number of hydrogen-bond acceptors (Lipinski definition) is 4. The lowest BCUT2D eigenvalue weighted by atomic mass is 10.2. The molecular formula is C12H8ClN3OS. The van der Waals surface area contributed by atoms with Gasteiger partial charge in [-0.15, -0.1) is 0 Å². The van der Waals surface area contributed by atoms with E-state index in [-0.39, 0.29) is 5.75 Å². The number of benzene rings is 1. The molecule has 0 bridgehead atoms. The van der Waals surface area contributed by atoms with Crippen molar-refractivity contribution in [2.24, 2.45) is 0 Å². The maximum atomic E-state index is 9.78. The van der Waals surface area contributed by atoms with E-state index in [1.807, 2.05) is 16.8 Å². The summed E-state index contributed by atoms with van der Waals surface area (Å²) in [5, 5.41) is 21.2. The van der Waals surface area contributed by atoms with Crippen LogP contribution in [0.1, 0.15) is 0 Å². The molecule has 0 aliphatic rings. The van der Waals surface area contributed by atoms with Gasteiger partial charge in [0, 0.05) is 16.0 Å². The minimum atomic E-state index is 0.118. The molecule has 3 aromatic rings. The second kappa shape index (κ2) is 4.44. The van der Waals surface area contributed by atoms with Gasteiger partial charge in [-0.05, 0) is 29.6 Å². The first kappa shape index (κ1) is 11.3. The number of phenols is 1. The smallest absolute Gasteiger partial charge is 0.182 e. The molecule has 2 N–H and O–H groups in total. The average molecular weight is 278 g/mol. The summed E-state index contributed by atoms with van der Waals surface area (Å²) in [5.41, 5.74) is 1.49. The van der Waals surface area contributed by atoms with Crippen molar-refractivity contribution in [2.45, 2.75) is 0 Å². The number of H-pyrrole nitrogens is 1. The molecule has 0 fully saturated rings. The fourth-order valence-corrected chi connectivity index (χ4v) is 2.41. The van der Waals surface area contributed by atoms with Crippen LogP contribution < -0.4 is 0 Å². The molecule has 0 spiro atoms. The highest BCUT2D eigenvalue weighted by Crippen LogP contribution is 2.30. The predicted molar refractivity (Wildman–Crippen MR) is 71.8 cm³/mol. The van der Waals surface area contributed by atoms with Crippen LogP contribution in [0.5, 0.6) is 5.75 Å². The lowest BCUT2D eigenvalue weighted by molar-refractivity contribution is 0.477. The SMILES string of the molecule is Oc1ccc(Cl)cc1-c1nc(-c2ccsc2)n[nH]1. The molecular weight excluding hydrogens is 270 g/mol. The lowest BCUT2D eigenvalue weighted by Gasteiger charge is -2.00. The van der Waals surface area contributed by atoms with Crippen molar-refractivity contribution in [1.29, 1.82) is 0 Å². The van der Waals surface area contributed by atoms with Gasteiger partial charge in [-0.3, -0.25) is 5.10 Å². The Labute approximate surface area is 112 Å². The van der Waals surface area contributed by atoms with Crippen molar-refractivity contribution in [3.05, 3.63) is 40.0 Å². The van der Waals surface area contributed by atoms with Crippen LogP contribution in [0.25, 0.3) is 22.8 Å². The Morgan fingerprint density at radius 3 is 2.94 bits per heavy atom. The first-order valence-corrected chi connectivity index (χ1v) is 6.50. The number of hydrogen-bond donors (Lipinski definition) is 2. The maximum Gasteiger partial charge on any atom is 0.182 e. The average Bonchev–Trinajstić information content (AvgIpc) is 3.00. The molecule has 4 nitrogen and oxygen atoms in total. The third-order valence-corrected chi connectivity index (χ3v) is 3.40. The van der Waals surface area contributed by atoms with E-state index >= 15 is 0 Å². The summed E-state index contributed by atoms with van der Waals surface area (Å²) in [4.78, 5) is 4.35. The van der Waals surface area contributed by atoms with Gasteiger partial charge in [-0.25, -0.2) is 4.98 Å². The van der Waals surface area contributed by atoms with Gasteiger partial charge in [0.1, 0.15) is 5.75 Å². The van der Waals surface area contributed by atoms with Crippen LogP contribution in [0.3, 0.4) is 0 Å². The number of nitrogens with zero attached hydrogens (tertiary/aromatic N) is 2. The molecule has 0 amide bonds. The van der Waals surface area contributed by atoms with E-state index in [0.29, 0.717) is 22.2 Å². The number of nitrogens with one attached hydrogen (secondary N) is 1. The molecule has 6 heteroatoms. The highest BCUT2D eigenvalue weighted by Gasteiger charge is 2.11. The molecule has 0 aliphatic carbocycles. The highest BCUT2D eigenvalue weighted by atomic mass is 35.5. The van der Waals surface area contributed by atoms with Crippen LogP contribution in [0.15, 0.2) is 35.0 Å². The van der Waals surface area contributed by atoms with Gasteiger partial charge < -0.3 is 5.11 Å². The normalized spacial score (nSPS) is 10.7. The molecule has 0 radical (unpaired) electrons. The van der Waals surface area contributed by atoms with Gasteiger partial charge in [0.05, 0.1) is 5.56 Å². The maximum absolute atomic E-state index is 9.78. The third kappa shape index (κ3) is 1.98. The number of phenolic OH excluding ortho intramolecular Hbond substituents is 1. The number of thiophene rings is 1. The van der Waals surface area contributed by atoms with E-state index < -0.39 is 0 Å². The number of aromatic hydroxyl groups is 1. The zero-order valence-electron chi connectivity index (χ0n) is 9.09. The van der Waals surface area contributed by atoms with E-state index in [2.05, 4.69) is 15.2 Å². The Bertz CT molecular complexity index is 678. The van der Waals surface area contributed by atoms with Crippen LogP contribution in [0.2, 0.25) is 5.02 Å². The topological polar surface area (TPSA) is 61.8 Å². The Hall–Kier alpha value is -1.85. The summed E-state index contributed by atoms with van der Waals surface area (Å²) in [7, 11) is 0. The van der Waals surface area contributed by atoms with Gasteiger partial charge >= 0.3 is 0 Å². The second-order valence-corrected chi connectivity index (χ2v) is 4.90. The Morgan fingerprint density at radius 1 is 1.28 bits per heavy atom. The monoisotopic (exact) mass is 277 g/mol. The molecule has 0 saturated heterocycles. The van der Waals surface area contributed by atoms with Crippen LogP contribution in [-0.2, 0) is 0 Å². The van der Waals surface area contributed by atoms with Crippen LogP contribution in [0, 0.1) is 0 Å². The molecule has 1 aromatic carbocycles. The molecule has 2 aromatic heterocycles. The Morgan fingerprint density at radius 2 is 2.17 bits per heavy atom. The molecule has 0 aliphatic heterocycles. The van der Waals surface area contributed by atoms with Crippen molar-refractivity contribution < 1.29 is 5.11 Å². The molecule has 18 heavy (non-hydrogen) atoms. The molecule has 0 saturated carbocycles. The molecule has 3 rings (SSSR count). The van der Waals surface area contributed by atoms with Crippen LogP contribution >= 0.6 is 22.9 Å². The standard InChI is InChI=1S/C12H8ClN3OS/c13-8-1-2-10(17)9(5-8)12-14-11(15-16-12)7-3-4-18-6-7/h1-6,17H,(H,14,15,16). The van der Waals surface area contributed by atoms with Crippen molar-refractivity contribution in [3.63, 3.8) is 0 Å². The van der Waals surface area contributed by atoms with Crippen LogP contribution in [0.4, 0.5) is 0 Å². The zero-order chi connectivity index (χ0) is 12.5. The molecule has 2 heterocycles.